The molecule has 0 N–H and O–H groups in total. The predicted molar refractivity (Wildman–Crippen MR) is 30.4 cm³/mol. The van der Waals surface area contributed by atoms with Crippen molar-refractivity contribution in [2.24, 2.45) is 0 Å². The normalized spacial score (nSPS) is 19.2. The van der Waals surface area contributed by atoms with Crippen LogP contribution in [0.4, 0.5) is 0 Å². The fourth-order valence-corrected chi connectivity index (χ4v) is 0.658. The zero-order valence-corrected chi connectivity index (χ0v) is 5.16. The first-order chi connectivity index (χ1) is 3.70. The Kier molecular flexibility index (Phi) is 1.14. The summed E-state index contributed by atoms with van der Waals surface area (Å²) in [7, 11) is 2.16. The molecule has 0 aromatic carbocycles. The average molecular weight is 131 g/mol. The molecule has 4 heteroatoms. The van der Waals surface area contributed by atoms with Crippen molar-refractivity contribution in [3.8, 4) is 0 Å². The molecule has 1 atom stereocenters. The third-order valence-corrected chi connectivity index (χ3v) is 1.24. The fraction of sp³-hybridized carbons (Fsp3) is 0.250. The zero-order chi connectivity index (χ0) is 6.15. The summed E-state index contributed by atoms with van der Waals surface area (Å²) in [4.78, 5) is 20.5. The maximum Gasteiger partial charge on any atom is 0.384 e. The maximum absolute atomic E-state index is 10.3. The summed E-state index contributed by atoms with van der Waals surface area (Å²) in [5.41, 5.74) is 0. The van der Waals surface area contributed by atoms with E-state index in [2.05, 4.69) is 13.6 Å². The van der Waals surface area contributed by atoms with Crippen LogP contribution in [0.15, 0.2) is 0 Å². The molecule has 0 aromatic heterocycles. The van der Waals surface area contributed by atoms with Crippen molar-refractivity contribution in [3.05, 3.63) is 0 Å². The van der Waals surface area contributed by atoms with Gasteiger partial charge in [0.2, 0.25) is 5.29 Å². The molecule has 1 aliphatic rings. The number of rotatable bonds is 0. The topological polar surface area (TPSA) is 43.4 Å². The molecule has 0 saturated carbocycles. The molecule has 0 radical (unpaired) electrons. The molecule has 0 amide bonds. The Balaban J connectivity index is 2.79. The number of carbonyl (C=O) groups is 2. The van der Waals surface area contributed by atoms with Crippen LogP contribution in [0.2, 0.25) is 0 Å². The maximum atomic E-state index is 10.3. The van der Waals surface area contributed by atoms with Crippen LogP contribution in [0, 0.1) is 0 Å². The van der Waals surface area contributed by atoms with Gasteiger partial charge in [0.05, 0.1) is 8.86 Å². The van der Waals surface area contributed by atoms with Crippen molar-refractivity contribution in [1.82, 2.24) is 0 Å². The summed E-state index contributed by atoms with van der Waals surface area (Å²) in [6.45, 7) is 0. The molecule has 1 saturated heterocycles. The first-order valence-corrected chi connectivity index (χ1v) is 2.64. The minimum Gasteiger partial charge on any atom is -0.387 e. The minimum absolute atomic E-state index is 0.128. The van der Waals surface area contributed by atoms with E-state index in [0.717, 1.165) is 0 Å². The van der Waals surface area contributed by atoms with E-state index >= 15 is 0 Å². The summed E-state index contributed by atoms with van der Waals surface area (Å²) < 4.78 is 4.14. The summed E-state index contributed by atoms with van der Waals surface area (Å²) in [6.07, 6.45) is 0.128. The molecule has 3 nitrogen and oxygen atoms in total. The molecular weight excluding hydrogens is 127 g/mol. The minimum atomic E-state index is -0.514. The lowest BCUT2D eigenvalue weighted by atomic mass is 10.4. The van der Waals surface area contributed by atoms with Crippen LogP contribution < -0.4 is 0 Å². The highest BCUT2D eigenvalue weighted by Crippen LogP contribution is 2.04. The molecule has 0 aliphatic carbocycles. The van der Waals surface area contributed by atoms with Crippen LogP contribution in [0.5, 0.6) is 0 Å². The average Bonchev–Trinajstić information content (AvgIpc) is 1.85. The van der Waals surface area contributed by atoms with Crippen molar-refractivity contribution >= 4 is 26.1 Å². The number of cyclic esters (lactones) is 2. The molecule has 0 spiro atoms. The van der Waals surface area contributed by atoms with Gasteiger partial charge in [0.25, 0.3) is 0 Å². The summed E-state index contributed by atoms with van der Waals surface area (Å²) in [5.74, 6) is -0.972. The molecule has 1 aliphatic heterocycles. The summed E-state index contributed by atoms with van der Waals surface area (Å²) >= 11 is 0. The van der Waals surface area contributed by atoms with Crippen molar-refractivity contribution in [2.45, 2.75) is 6.42 Å². The highest BCUT2D eigenvalue weighted by molar-refractivity contribution is 7.26. The van der Waals surface area contributed by atoms with Crippen LogP contribution >= 0.6 is 8.86 Å². The van der Waals surface area contributed by atoms with Crippen LogP contribution in [0.1, 0.15) is 6.42 Å². The number of hydrogen-bond acceptors (Lipinski definition) is 3. The highest BCUT2D eigenvalue weighted by atomic mass is 31.0. The third-order valence-electron chi connectivity index (χ3n) is 0.804. The summed E-state index contributed by atoms with van der Waals surface area (Å²) in [6, 6.07) is 0. The van der Waals surface area contributed by atoms with E-state index in [-0.39, 0.29) is 6.42 Å². The lowest BCUT2D eigenvalue weighted by Crippen LogP contribution is -2.01. The van der Waals surface area contributed by atoms with Crippen LogP contribution in [-0.4, -0.2) is 17.2 Å². The highest BCUT2D eigenvalue weighted by Gasteiger charge is 2.30. The predicted octanol–water partition coefficient (Wildman–Crippen LogP) is -0.493. The smallest absolute Gasteiger partial charge is 0.384 e. The first kappa shape index (κ1) is 5.45. The van der Waals surface area contributed by atoms with E-state index in [1.165, 1.54) is 0 Å². The van der Waals surface area contributed by atoms with E-state index in [1.807, 2.05) is 0 Å². The molecule has 0 aromatic rings. The quantitative estimate of drug-likeness (QED) is 0.253. The van der Waals surface area contributed by atoms with Crippen LogP contribution in [-0.2, 0) is 14.3 Å². The van der Waals surface area contributed by atoms with E-state index in [9.17, 15) is 9.59 Å². The Hall–Kier alpha value is -0.690. The second-order valence-electron chi connectivity index (χ2n) is 1.46. The van der Waals surface area contributed by atoms with Gasteiger partial charge in [-0.25, -0.2) is 4.79 Å². The van der Waals surface area contributed by atoms with E-state index in [1.54, 1.807) is 0 Å². The molecule has 8 heavy (non-hydrogen) atoms. The molecule has 1 fully saturated rings. The third kappa shape index (κ3) is 0.771. The lowest BCUT2D eigenvalue weighted by Gasteiger charge is -1.77. The van der Waals surface area contributed by atoms with Gasteiger partial charge in [-0.05, 0) is 0 Å². The van der Waals surface area contributed by atoms with E-state index < -0.39 is 11.9 Å². The molecule has 1 rings (SSSR count). The monoisotopic (exact) mass is 131 g/mol. The first-order valence-electron chi connectivity index (χ1n) is 2.06. The second kappa shape index (κ2) is 1.67. The number of esters is 2. The van der Waals surface area contributed by atoms with Gasteiger partial charge in [-0.2, -0.15) is 0 Å². The zero-order valence-electron chi connectivity index (χ0n) is 4.01. The van der Waals surface area contributed by atoms with E-state index in [4.69, 9.17) is 0 Å². The van der Waals surface area contributed by atoms with Gasteiger partial charge in [0.1, 0.15) is 6.42 Å². The SMILES string of the molecule is O=C1CC(=[PH2+])C(=O)O1. The van der Waals surface area contributed by atoms with Gasteiger partial charge in [-0.15, -0.1) is 0 Å². The second-order valence-corrected chi connectivity index (χ2v) is 2.16. The van der Waals surface area contributed by atoms with Crippen molar-refractivity contribution in [1.29, 1.82) is 0 Å². The number of ether oxygens (including phenoxy) is 1. The Morgan fingerprint density at radius 2 is 2.12 bits per heavy atom. The largest absolute Gasteiger partial charge is 0.387 e. The van der Waals surface area contributed by atoms with Crippen LogP contribution in [0.3, 0.4) is 0 Å². The van der Waals surface area contributed by atoms with E-state index in [0.29, 0.717) is 5.29 Å². The van der Waals surface area contributed by atoms with Gasteiger partial charge >= 0.3 is 11.9 Å². The van der Waals surface area contributed by atoms with Gasteiger partial charge < -0.3 is 4.74 Å². The number of carbonyl (C=O) groups excluding carboxylic acids is 2. The van der Waals surface area contributed by atoms with Gasteiger partial charge in [0, 0.05) is 0 Å². The molecule has 0 bridgehead atoms. The molecule has 42 valence electrons. The van der Waals surface area contributed by atoms with Crippen LogP contribution in [0.25, 0.3) is 0 Å². The Morgan fingerprint density at radius 1 is 1.50 bits per heavy atom. The number of hydrogen-bond donors (Lipinski definition) is 0. The molecular formula is C4H4O3P+. The Morgan fingerprint density at radius 3 is 2.25 bits per heavy atom. The Bertz CT molecular complexity index is 154. The van der Waals surface area contributed by atoms with Gasteiger partial charge in [0.15, 0.2) is 0 Å². The van der Waals surface area contributed by atoms with Gasteiger partial charge in [-0.3, -0.25) is 4.79 Å². The molecule has 1 unspecified atom stereocenters. The van der Waals surface area contributed by atoms with Crippen molar-refractivity contribution < 1.29 is 14.3 Å². The van der Waals surface area contributed by atoms with Crippen molar-refractivity contribution in [2.75, 3.05) is 0 Å². The molecule has 1 heterocycles. The lowest BCUT2D eigenvalue weighted by molar-refractivity contribution is -0.150. The standard InChI is InChI=1S/C4H3O3P/c5-3-1-2(8)4(6)7-3/h8H,1H2/p+1. The van der Waals surface area contributed by atoms with Gasteiger partial charge in [-0.1, -0.05) is 0 Å². The Labute approximate surface area is 47.9 Å². The van der Waals surface area contributed by atoms with Crippen molar-refractivity contribution in [3.63, 3.8) is 0 Å². The fourth-order valence-electron chi connectivity index (χ4n) is 0.433. The summed E-state index contributed by atoms with van der Waals surface area (Å²) in [5, 5.41) is 0.412.